The third-order valence-electron chi connectivity index (χ3n) is 2.19. The van der Waals surface area contributed by atoms with Gasteiger partial charge >= 0.3 is 5.97 Å². The van der Waals surface area contributed by atoms with Gasteiger partial charge in [0.1, 0.15) is 4.88 Å². The molecule has 0 aliphatic heterocycles. The fourth-order valence-electron chi connectivity index (χ4n) is 1.36. The first kappa shape index (κ1) is 14.5. The summed E-state index contributed by atoms with van der Waals surface area (Å²) in [4.78, 5) is 26.8. The van der Waals surface area contributed by atoms with E-state index >= 15 is 0 Å². The molecular formula is C11H11N3O4S2. The van der Waals surface area contributed by atoms with Crippen molar-refractivity contribution < 1.29 is 19.2 Å². The zero-order valence-corrected chi connectivity index (χ0v) is 12.3. The molecule has 0 aliphatic carbocycles. The minimum Gasteiger partial charge on any atom is -0.477 e. The van der Waals surface area contributed by atoms with Crippen molar-refractivity contribution in [2.24, 2.45) is 0 Å². The smallest absolute Gasteiger partial charge is 0.347 e. The molecule has 2 N–H and O–H groups in total. The van der Waals surface area contributed by atoms with Crippen LogP contribution in [0, 0.1) is 13.8 Å². The number of anilines is 1. The fraction of sp³-hybridized carbons (Fsp3) is 0.273. The molecule has 0 saturated heterocycles. The number of aryl methyl sites for hydroxylation is 2. The number of carbonyl (C=O) groups excluding carboxylic acids is 1. The van der Waals surface area contributed by atoms with Crippen molar-refractivity contribution in [2.45, 2.75) is 18.2 Å². The first-order valence-electron chi connectivity index (χ1n) is 5.52. The van der Waals surface area contributed by atoms with E-state index in [0.29, 0.717) is 15.7 Å². The topological polar surface area (TPSA) is 105 Å². The minimum absolute atomic E-state index is 0.117. The Balaban J connectivity index is 1.90. The van der Waals surface area contributed by atoms with Gasteiger partial charge in [-0.15, -0.1) is 11.3 Å². The van der Waals surface area contributed by atoms with Gasteiger partial charge in [0.25, 0.3) is 0 Å². The Morgan fingerprint density at radius 3 is 2.80 bits per heavy atom. The van der Waals surface area contributed by atoms with Crippen molar-refractivity contribution in [3.05, 3.63) is 22.3 Å². The van der Waals surface area contributed by atoms with Crippen molar-refractivity contribution in [1.29, 1.82) is 0 Å². The lowest BCUT2D eigenvalue weighted by Gasteiger charge is -1.98. The van der Waals surface area contributed by atoms with Crippen LogP contribution >= 0.6 is 23.1 Å². The second-order valence-corrected chi connectivity index (χ2v) is 6.09. The quantitative estimate of drug-likeness (QED) is 0.815. The molecule has 2 aromatic heterocycles. The molecule has 0 saturated carbocycles. The van der Waals surface area contributed by atoms with Crippen LogP contribution in [0.3, 0.4) is 0 Å². The van der Waals surface area contributed by atoms with E-state index < -0.39 is 5.97 Å². The molecule has 0 bridgehead atoms. The van der Waals surface area contributed by atoms with E-state index in [0.717, 1.165) is 11.3 Å². The van der Waals surface area contributed by atoms with Gasteiger partial charge in [-0.05, 0) is 13.8 Å². The fourth-order valence-corrected chi connectivity index (χ4v) is 3.18. The van der Waals surface area contributed by atoms with Crippen LogP contribution in [0.1, 0.15) is 21.1 Å². The van der Waals surface area contributed by atoms with Gasteiger partial charge in [-0.2, -0.15) is 0 Å². The number of carboxylic acid groups (broad SMARTS) is 1. The number of nitrogens with zero attached hydrogens (tertiary/aromatic N) is 2. The molecule has 0 spiro atoms. The van der Waals surface area contributed by atoms with Crippen LogP contribution in [0.5, 0.6) is 0 Å². The number of thiazole rings is 1. The molecule has 2 aromatic rings. The van der Waals surface area contributed by atoms with Crippen LogP contribution in [-0.2, 0) is 4.79 Å². The standard InChI is InChI=1S/C11H11N3O4S2/c1-5-3-8(18-14-5)13-7(15)4-19-11-12-6(2)9(20-11)10(16)17/h3H,4H2,1-2H3,(H,13,15)(H,16,17). The number of hydrogen-bond donors (Lipinski definition) is 2. The highest BCUT2D eigenvalue weighted by Crippen LogP contribution is 2.27. The van der Waals surface area contributed by atoms with Crippen LogP contribution in [0.2, 0.25) is 0 Å². The van der Waals surface area contributed by atoms with Crippen molar-refractivity contribution in [1.82, 2.24) is 10.1 Å². The van der Waals surface area contributed by atoms with Gasteiger partial charge in [0.05, 0.1) is 17.1 Å². The van der Waals surface area contributed by atoms with E-state index in [2.05, 4.69) is 15.5 Å². The van der Waals surface area contributed by atoms with E-state index in [1.807, 2.05) is 0 Å². The predicted molar refractivity (Wildman–Crippen MR) is 74.4 cm³/mol. The molecular weight excluding hydrogens is 302 g/mol. The normalized spacial score (nSPS) is 10.5. The lowest BCUT2D eigenvalue weighted by atomic mass is 10.4. The number of nitrogens with one attached hydrogen (secondary N) is 1. The third-order valence-corrected chi connectivity index (χ3v) is 4.48. The maximum absolute atomic E-state index is 11.7. The molecule has 0 aromatic carbocycles. The van der Waals surface area contributed by atoms with E-state index in [1.54, 1.807) is 19.9 Å². The van der Waals surface area contributed by atoms with Crippen LogP contribution in [0.4, 0.5) is 5.88 Å². The summed E-state index contributed by atoms with van der Waals surface area (Å²) >= 11 is 2.23. The SMILES string of the molecule is Cc1cc(NC(=O)CSc2nc(C)c(C(=O)O)s2)on1. The molecule has 0 radical (unpaired) electrons. The molecule has 0 fully saturated rings. The third kappa shape index (κ3) is 3.58. The highest BCUT2D eigenvalue weighted by Gasteiger charge is 2.15. The summed E-state index contributed by atoms with van der Waals surface area (Å²) in [7, 11) is 0. The van der Waals surface area contributed by atoms with E-state index in [-0.39, 0.29) is 22.4 Å². The van der Waals surface area contributed by atoms with Gasteiger partial charge in [0.15, 0.2) is 4.34 Å². The van der Waals surface area contributed by atoms with Gasteiger partial charge in [0, 0.05) is 6.07 Å². The Hall–Kier alpha value is -1.87. The first-order valence-corrected chi connectivity index (χ1v) is 7.32. The average molecular weight is 313 g/mol. The van der Waals surface area contributed by atoms with Gasteiger partial charge in [-0.1, -0.05) is 16.9 Å². The number of amides is 1. The molecule has 2 heterocycles. The molecule has 2 rings (SSSR count). The second kappa shape index (κ2) is 6.06. The lowest BCUT2D eigenvalue weighted by molar-refractivity contribution is -0.113. The first-order chi connectivity index (χ1) is 9.45. The number of carboxylic acids is 1. The number of carbonyl (C=O) groups is 2. The molecule has 1 amide bonds. The molecule has 106 valence electrons. The maximum Gasteiger partial charge on any atom is 0.347 e. The van der Waals surface area contributed by atoms with Gasteiger partial charge in [-0.3, -0.25) is 10.1 Å². The monoisotopic (exact) mass is 313 g/mol. The molecule has 9 heteroatoms. The molecule has 7 nitrogen and oxygen atoms in total. The Morgan fingerprint density at radius 1 is 1.50 bits per heavy atom. The highest BCUT2D eigenvalue weighted by atomic mass is 32.2. The average Bonchev–Trinajstić information content (AvgIpc) is 2.93. The van der Waals surface area contributed by atoms with Crippen molar-refractivity contribution in [3.63, 3.8) is 0 Å². The number of thioether (sulfide) groups is 1. The van der Waals surface area contributed by atoms with E-state index in [4.69, 9.17) is 9.63 Å². The van der Waals surface area contributed by atoms with Crippen LogP contribution in [-0.4, -0.2) is 32.9 Å². The molecule has 0 atom stereocenters. The van der Waals surface area contributed by atoms with Crippen molar-refractivity contribution in [2.75, 3.05) is 11.1 Å². The van der Waals surface area contributed by atoms with Crippen LogP contribution < -0.4 is 5.32 Å². The van der Waals surface area contributed by atoms with Crippen molar-refractivity contribution >= 4 is 40.9 Å². The number of aromatic carboxylic acids is 1. The Labute approximate surface area is 122 Å². The van der Waals surface area contributed by atoms with Gasteiger partial charge < -0.3 is 9.63 Å². The van der Waals surface area contributed by atoms with Gasteiger partial charge in [-0.25, -0.2) is 9.78 Å². The number of aromatic nitrogens is 2. The van der Waals surface area contributed by atoms with E-state index in [1.165, 1.54) is 11.8 Å². The molecule has 20 heavy (non-hydrogen) atoms. The predicted octanol–water partition coefficient (Wildman–Crippen LogP) is 2.18. The summed E-state index contributed by atoms with van der Waals surface area (Å²) in [6.07, 6.45) is 0. The summed E-state index contributed by atoms with van der Waals surface area (Å²) in [6.45, 7) is 3.38. The van der Waals surface area contributed by atoms with Gasteiger partial charge in [0.2, 0.25) is 11.8 Å². The van der Waals surface area contributed by atoms with Crippen LogP contribution in [0.25, 0.3) is 0 Å². The number of rotatable bonds is 5. The summed E-state index contributed by atoms with van der Waals surface area (Å²) in [5, 5.41) is 15.1. The molecule has 0 unspecified atom stereocenters. The molecule has 0 aliphatic rings. The summed E-state index contributed by atoms with van der Waals surface area (Å²) < 4.78 is 5.40. The van der Waals surface area contributed by atoms with E-state index in [9.17, 15) is 9.59 Å². The zero-order chi connectivity index (χ0) is 14.7. The lowest BCUT2D eigenvalue weighted by Crippen LogP contribution is -2.13. The number of hydrogen-bond acceptors (Lipinski definition) is 7. The highest BCUT2D eigenvalue weighted by molar-refractivity contribution is 8.01. The van der Waals surface area contributed by atoms with Crippen LogP contribution in [0.15, 0.2) is 14.9 Å². The second-order valence-electron chi connectivity index (χ2n) is 3.87. The summed E-state index contributed by atoms with van der Waals surface area (Å²) in [6, 6.07) is 1.61. The van der Waals surface area contributed by atoms with Crippen molar-refractivity contribution in [3.8, 4) is 0 Å². The summed E-state index contributed by atoms with van der Waals surface area (Å²) in [5.74, 6) is -0.870. The summed E-state index contributed by atoms with van der Waals surface area (Å²) in [5.41, 5.74) is 1.13. The Kier molecular flexibility index (Phi) is 4.40. The zero-order valence-electron chi connectivity index (χ0n) is 10.7. The largest absolute Gasteiger partial charge is 0.477 e. The Bertz CT molecular complexity index is 650. The Morgan fingerprint density at radius 2 is 2.25 bits per heavy atom. The minimum atomic E-state index is -1.01. The maximum atomic E-state index is 11.7.